The SMILES string of the molecule is CC1c2ccsc2CCN1c1ccc([C@H](C)N)cc1F. The van der Waals surface area contributed by atoms with Crippen molar-refractivity contribution in [2.45, 2.75) is 32.4 Å². The summed E-state index contributed by atoms with van der Waals surface area (Å²) in [5, 5.41) is 2.13. The number of nitrogens with two attached hydrogens (primary N) is 1. The van der Waals surface area contributed by atoms with Gasteiger partial charge in [0.25, 0.3) is 0 Å². The molecule has 2 nitrogen and oxygen atoms in total. The Morgan fingerprint density at radius 3 is 2.90 bits per heavy atom. The molecule has 2 heterocycles. The van der Waals surface area contributed by atoms with Crippen LogP contribution in [0.4, 0.5) is 10.1 Å². The monoisotopic (exact) mass is 290 g/mol. The van der Waals surface area contributed by atoms with Crippen molar-refractivity contribution in [1.29, 1.82) is 0 Å². The van der Waals surface area contributed by atoms with Crippen molar-refractivity contribution in [1.82, 2.24) is 0 Å². The van der Waals surface area contributed by atoms with Gasteiger partial charge >= 0.3 is 0 Å². The number of hydrogen-bond acceptors (Lipinski definition) is 3. The predicted molar refractivity (Wildman–Crippen MR) is 82.8 cm³/mol. The van der Waals surface area contributed by atoms with Gasteiger partial charge in [0.2, 0.25) is 0 Å². The Balaban J connectivity index is 1.94. The summed E-state index contributed by atoms with van der Waals surface area (Å²) in [4.78, 5) is 3.58. The van der Waals surface area contributed by atoms with Gasteiger partial charge < -0.3 is 10.6 Å². The lowest BCUT2D eigenvalue weighted by Gasteiger charge is -2.36. The van der Waals surface area contributed by atoms with E-state index in [0.717, 1.165) is 18.5 Å². The van der Waals surface area contributed by atoms with Crippen molar-refractivity contribution >= 4 is 17.0 Å². The van der Waals surface area contributed by atoms with Crippen molar-refractivity contribution in [2.75, 3.05) is 11.4 Å². The number of hydrogen-bond donors (Lipinski definition) is 1. The van der Waals surface area contributed by atoms with Crippen molar-refractivity contribution < 1.29 is 4.39 Å². The fraction of sp³-hybridized carbons (Fsp3) is 0.375. The molecule has 1 aromatic heterocycles. The van der Waals surface area contributed by atoms with Crippen molar-refractivity contribution in [2.24, 2.45) is 5.73 Å². The van der Waals surface area contributed by atoms with Gasteiger partial charge in [0.15, 0.2) is 0 Å². The molecule has 3 rings (SSSR count). The molecule has 0 radical (unpaired) electrons. The first kappa shape index (κ1) is 13.6. The zero-order chi connectivity index (χ0) is 14.3. The molecule has 0 spiro atoms. The van der Waals surface area contributed by atoms with Gasteiger partial charge in [0.1, 0.15) is 5.82 Å². The van der Waals surface area contributed by atoms with Gasteiger partial charge in [0.05, 0.1) is 11.7 Å². The lowest BCUT2D eigenvalue weighted by Crippen LogP contribution is -2.33. The zero-order valence-corrected chi connectivity index (χ0v) is 12.6. The smallest absolute Gasteiger partial charge is 0.146 e. The number of anilines is 1. The van der Waals surface area contributed by atoms with Gasteiger partial charge in [0, 0.05) is 17.5 Å². The van der Waals surface area contributed by atoms with E-state index in [1.165, 1.54) is 10.4 Å². The van der Waals surface area contributed by atoms with E-state index in [9.17, 15) is 4.39 Å². The highest BCUT2D eigenvalue weighted by Gasteiger charge is 2.26. The molecule has 2 aromatic rings. The number of benzene rings is 1. The normalized spacial score (nSPS) is 19.8. The highest BCUT2D eigenvalue weighted by atomic mass is 32.1. The maximum atomic E-state index is 14.4. The molecule has 0 saturated heterocycles. The summed E-state index contributed by atoms with van der Waals surface area (Å²) in [6.45, 7) is 4.88. The largest absolute Gasteiger partial charge is 0.362 e. The summed E-state index contributed by atoms with van der Waals surface area (Å²) in [5.41, 5.74) is 8.66. The summed E-state index contributed by atoms with van der Waals surface area (Å²) in [6.07, 6.45) is 0.992. The van der Waals surface area contributed by atoms with E-state index in [1.807, 2.05) is 19.1 Å². The van der Waals surface area contributed by atoms with Crippen LogP contribution in [0.1, 0.15) is 41.9 Å². The Bertz CT molecular complexity index is 621. The minimum Gasteiger partial charge on any atom is -0.362 e. The van der Waals surface area contributed by atoms with Crippen LogP contribution in [0, 0.1) is 5.82 Å². The summed E-state index contributed by atoms with van der Waals surface area (Å²) in [5.74, 6) is -0.176. The molecule has 1 aliphatic heterocycles. The molecule has 2 N–H and O–H groups in total. The van der Waals surface area contributed by atoms with Gasteiger partial charge in [-0.3, -0.25) is 0 Å². The van der Waals surface area contributed by atoms with E-state index in [0.29, 0.717) is 5.69 Å². The average molecular weight is 290 g/mol. The van der Waals surface area contributed by atoms with Crippen LogP contribution in [0.15, 0.2) is 29.6 Å². The first-order valence-electron chi connectivity index (χ1n) is 6.96. The van der Waals surface area contributed by atoms with E-state index in [1.54, 1.807) is 17.4 Å². The molecular formula is C16H19FN2S. The Hall–Kier alpha value is -1.39. The average Bonchev–Trinajstić information content (AvgIpc) is 2.89. The second-order valence-corrected chi connectivity index (χ2v) is 6.42. The molecule has 106 valence electrons. The maximum Gasteiger partial charge on any atom is 0.146 e. The van der Waals surface area contributed by atoms with Gasteiger partial charge in [-0.05, 0) is 55.0 Å². The summed E-state index contributed by atoms with van der Waals surface area (Å²) in [6, 6.07) is 7.60. The van der Waals surface area contributed by atoms with Gasteiger partial charge in [-0.15, -0.1) is 11.3 Å². The molecule has 0 amide bonds. The number of nitrogens with zero attached hydrogens (tertiary/aromatic N) is 1. The van der Waals surface area contributed by atoms with Crippen LogP contribution >= 0.6 is 11.3 Å². The first-order valence-corrected chi connectivity index (χ1v) is 7.84. The minimum atomic E-state index is -0.176. The highest BCUT2D eigenvalue weighted by Crippen LogP contribution is 2.37. The highest BCUT2D eigenvalue weighted by molar-refractivity contribution is 7.10. The summed E-state index contributed by atoms with van der Waals surface area (Å²) < 4.78 is 14.4. The lowest BCUT2D eigenvalue weighted by molar-refractivity contribution is 0.579. The van der Waals surface area contributed by atoms with Crippen molar-refractivity contribution in [3.63, 3.8) is 0 Å². The Morgan fingerprint density at radius 1 is 1.40 bits per heavy atom. The third-order valence-electron chi connectivity index (χ3n) is 4.08. The summed E-state index contributed by atoms with van der Waals surface area (Å²) >= 11 is 1.80. The molecule has 0 fully saturated rings. The molecule has 0 aliphatic carbocycles. The molecule has 4 heteroatoms. The van der Waals surface area contributed by atoms with Crippen LogP contribution < -0.4 is 10.6 Å². The molecule has 0 bridgehead atoms. The second-order valence-electron chi connectivity index (χ2n) is 5.42. The molecule has 1 aliphatic rings. The van der Waals surface area contributed by atoms with Crippen LogP contribution in [0.5, 0.6) is 0 Å². The fourth-order valence-electron chi connectivity index (χ4n) is 2.88. The molecular weight excluding hydrogens is 271 g/mol. The lowest BCUT2D eigenvalue weighted by atomic mass is 10.00. The third-order valence-corrected chi connectivity index (χ3v) is 5.08. The number of rotatable bonds is 2. The van der Waals surface area contributed by atoms with Gasteiger partial charge in [-0.25, -0.2) is 4.39 Å². The van der Waals surface area contributed by atoms with Crippen LogP contribution in [-0.2, 0) is 6.42 Å². The topological polar surface area (TPSA) is 29.3 Å². The molecule has 1 unspecified atom stereocenters. The number of thiophene rings is 1. The van der Waals surface area contributed by atoms with Crippen molar-refractivity contribution in [3.05, 3.63) is 51.5 Å². The first-order chi connectivity index (χ1) is 9.58. The number of halogens is 1. The van der Waals surface area contributed by atoms with Gasteiger partial charge in [-0.2, -0.15) is 0 Å². The second kappa shape index (κ2) is 5.19. The van der Waals surface area contributed by atoms with E-state index < -0.39 is 0 Å². The maximum absolute atomic E-state index is 14.4. The molecule has 0 saturated carbocycles. The molecule has 2 atom stereocenters. The quantitative estimate of drug-likeness (QED) is 0.904. The Labute approximate surface area is 123 Å². The van der Waals surface area contributed by atoms with Crippen LogP contribution in [-0.4, -0.2) is 6.54 Å². The van der Waals surface area contributed by atoms with Crippen LogP contribution in [0.3, 0.4) is 0 Å². The summed E-state index contributed by atoms with van der Waals surface area (Å²) in [7, 11) is 0. The predicted octanol–water partition coefficient (Wildman–Crippen LogP) is 4.03. The fourth-order valence-corrected chi connectivity index (χ4v) is 3.84. The van der Waals surface area contributed by atoms with E-state index in [4.69, 9.17) is 5.73 Å². The number of fused-ring (bicyclic) bond motifs is 1. The van der Waals surface area contributed by atoms with Crippen LogP contribution in [0.25, 0.3) is 0 Å². The standard InChI is InChI=1S/C16H19FN2S/c1-10(18)12-3-4-15(14(17)9-12)19-7-5-16-13(11(19)2)6-8-20-16/h3-4,6,8-11H,5,7,18H2,1-2H3/t10-,11?/m0/s1. The van der Waals surface area contributed by atoms with E-state index in [2.05, 4.69) is 23.3 Å². The Morgan fingerprint density at radius 2 is 2.20 bits per heavy atom. The van der Waals surface area contributed by atoms with E-state index in [-0.39, 0.29) is 17.9 Å². The van der Waals surface area contributed by atoms with Crippen molar-refractivity contribution in [3.8, 4) is 0 Å². The van der Waals surface area contributed by atoms with Gasteiger partial charge in [-0.1, -0.05) is 6.07 Å². The van der Waals surface area contributed by atoms with E-state index >= 15 is 0 Å². The van der Waals surface area contributed by atoms with Crippen LogP contribution in [0.2, 0.25) is 0 Å². The molecule has 20 heavy (non-hydrogen) atoms. The minimum absolute atomic E-state index is 0.138. The zero-order valence-electron chi connectivity index (χ0n) is 11.8. The third kappa shape index (κ3) is 2.23. The molecule has 1 aromatic carbocycles. The Kier molecular flexibility index (Phi) is 3.52.